The van der Waals surface area contributed by atoms with E-state index >= 15 is 0 Å². The lowest BCUT2D eigenvalue weighted by atomic mass is 10.4. The van der Waals surface area contributed by atoms with Gasteiger partial charge in [0.1, 0.15) is 6.54 Å². The summed E-state index contributed by atoms with van der Waals surface area (Å²) in [5.74, 6) is 0. The van der Waals surface area contributed by atoms with Crippen LogP contribution in [0.15, 0.2) is 23.4 Å². The van der Waals surface area contributed by atoms with Gasteiger partial charge in [0.15, 0.2) is 5.03 Å². The van der Waals surface area contributed by atoms with Crippen LogP contribution in [0, 0.1) is 0 Å². The summed E-state index contributed by atoms with van der Waals surface area (Å²) in [6.45, 7) is 0.609. The Balaban J connectivity index is 3.13. The molecule has 108 valence electrons. The predicted molar refractivity (Wildman–Crippen MR) is 64.3 cm³/mol. The second kappa shape index (κ2) is 5.74. The Morgan fingerprint density at radius 1 is 1.42 bits per heavy atom. The maximum Gasteiger partial charge on any atom is 0.402 e. The van der Waals surface area contributed by atoms with Gasteiger partial charge < -0.3 is 5.32 Å². The quantitative estimate of drug-likeness (QED) is 0.898. The van der Waals surface area contributed by atoms with E-state index in [1.807, 2.05) is 0 Å². The first-order chi connectivity index (χ1) is 8.68. The molecule has 0 saturated carbocycles. The van der Waals surface area contributed by atoms with Crippen LogP contribution in [-0.4, -0.2) is 44.0 Å². The van der Waals surface area contributed by atoms with Gasteiger partial charge in [-0.25, -0.2) is 13.4 Å². The second-order valence-electron chi connectivity index (χ2n) is 3.76. The summed E-state index contributed by atoms with van der Waals surface area (Å²) in [4.78, 5) is 3.66. The number of alkyl halides is 3. The number of aromatic nitrogens is 1. The molecule has 0 amide bonds. The van der Waals surface area contributed by atoms with Gasteiger partial charge in [-0.3, -0.25) is 0 Å². The summed E-state index contributed by atoms with van der Waals surface area (Å²) in [5.41, 5.74) is 0.180. The van der Waals surface area contributed by atoms with Gasteiger partial charge in [-0.05, 0) is 19.1 Å². The van der Waals surface area contributed by atoms with Gasteiger partial charge in [-0.2, -0.15) is 17.5 Å². The Hall–Kier alpha value is -1.35. The standard InChI is InChI=1S/C10H14F3N3O2S/c1-3-14-8-5-4-6-15-9(8)19(17,18)16(2)7-10(11,12)13/h4-6,14H,3,7H2,1-2H3. The lowest BCUT2D eigenvalue weighted by Gasteiger charge is -2.19. The third-order valence-corrected chi connectivity index (χ3v) is 3.96. The molecule has 0 fully saturated rings. The van der Waals surface area contributed by atoms with E-state index in [1.165, 1.54) is 18.3 Å². The average molecular weight is 297 g/mol. The van der Waals surface area contributed by atoms with Crippen molar-refractivity contribution in [3.05, 3.63) is 18.3 Å². The number of hydrogen-bond donors (Lipinski definition) is 1. The van der Waals surface area contributed by atoms with Crippen LogP contribution in [0.4, 0.5) is 18.9 Å². The molecule has 5 nitrogen and oxygen atoms in total. The molecule has 1 heterocycles. The van der Waals surface area contributed by atoms with Crippen molar-refractivity contribution < 1.29 is 21.6 Å². The maximum atomic E-state index is 12.3. The number of sulfonamides is 1. The molecule has 0 aliphatic heterocycles. The van der Waals surface area contributed by atoms with Gasteiger partial charge in [0.25, 0.3) is 10.0 Å². The van der Waals surface area contributed by atoms with E-state index < -0.39 is 27.8 Å². The fraction of sp³-hybridized carbons (Fsp3) is 0.500. The van der Waals surface area contributed by atoms with Crippen LogP contribution in [0.2, 0.25) is 0 Å². The van der Waals surface area contributed by atoms with E-state index in [0.29, 0.717) is 6.54 Å². The zero-order chi connectivity index (χ0) is 14.7. The first-order valence-electron chi connectivity index (χ1n) is 5.40. The minimum absolute atomic E-state index is 0.180. The third kappa shape index (κ3) is 4.06. The first-order valence-corrected chi connectivity index (χ1v) is 6.84. The SMILES string of the molecule is CCNc1cccnc1S(=O)(=O)N(C)CC(F)(F)F. The normalized spacial score (nSPS) is 12.7. The average Bonchev–Trinajstić information content (AvgIpc) is 2.27. The van der Waals surface area contributed by atoms with E-state index in [9.17, 15) is 21.6 Å². The number of anilines is 1. The molecule has 0 atom stereocenters. The van der Waals surface area contributed by atoms with Crippen LogP contribution >= 0.6 is 0 Å². The van der Waals surface area contributed by atoms with Crippen LogP contribution in [0.1, 0.15) is 6.92 Å². The molecule has 1 aromatic rings. The van der Waals surface area contributed by atoms with Crippen LogP contribution < -0.4 is 5.32 Å². The first kappa shape index (κ1) is 15.7. The minimum atomic E-state index is -4.60. The van der Waals surface area contributed by atoms with Crippen LogP contribution in [0.5, 0.6) is 0 Å². The van der Waals surface area contributed by atoms with E-state index in [-0.39, 0.29) is 9.99 Å². The Morgan fingerprint density at radius 2 is 2.05 bits per heavy atom. The predicted octanol–water partition coefficient (Wildman–Crippen LogP) is 1.70. The zero-order valence-corrected chi connectivity index (χ0v) is 11.2. The molecular formula is C10H14F3N3O2S. The van der Waals surface area contributed by atoms with Gasteiger partial charge in [0, 0.05) is 19.8 Å². The maximum absolute atomic E-state index is 12.3. The zero-order valence-electron chi connectivity index (χ0n) is 10.4. The monoisotopic (exact) mass is 297 g/mol. The van der Waals surface area contributed by atoms with Crippen LogP contribution in [0.25, 0.3) is 0 Å². The molecule has 0 radical (unpaired) electrons. The van der Waals surface area contributed by atoms with Crippen LogP contribution in [0.3, 0.4) is 0 Å². The van der Waals surface area contributed by atoms with Crippen molar-refractivity contribution in [3.63, 3.8) is 0 Å². The fourth-order valence-corrected chi connectivity index (χ4v) is 2.63. The molecule has 19 heavy (non-hydrogen) atoms. The number of pyridine rings is 1. The Kier molecular flexibility index (Phi) is 4.75. The van der Waals surface area contributed by atoms with E-state index in [0.717, 1.165) is 7.05 Å². The molecule has 0 spiro atoms. The summed E-state index contributed by atoms with van der Waals surface area (Å²) < 4.78 is 61.1. The lowest BCUT2D eigenvalue weighted by molar-refractivity contribution is -0.134. The van der Waals surface area contributed by atoms with Gasteiger partial charge in [0.2, 0.25) is 0 Å². The molecule has 1 rings (SSSR count). The summed E-state index contributed by atoms with van der Waals surface area (Å²) in [5, 5.41) is 2.34. The number of hydrogen-bond acceptors (Lipinski definition) is 4. The van der Waals surface area contributed by atoms with Gasteiger partial charge in [-0.15, -0.1) is 0 Å². The smallest absolute Gasteiger partial charge is 0.383 e. The summed E-state index contributed by atoms with van der Waals surface area (Å²) in [6, 6.07) is 2.95. The number of nitrogens with one attached hydrogen (secondary N) is 1. The third-order valence-electron chi connectivity index (χ3n) is 2.19. The highest BCUT2D eigenvalue weighted by Gasteiger charge is 2.36. The molecule has 0 aliphatic rings. The van der Waals surface area contributed by atoms with Crippen molar-refractivity contribution in [2.45, 2.75) is 18.1 Å². The Labute approximate surface area is 109 Å². The second-order valence-corrected chi connectivity index (χ2v) is 5.72. The van der Waals surface area contributed by atoms with Crippen molar-refractivity contribution >= 4 is 15.7 Å². The van der Waals surface area contributed by atoms with Gasteiger partial charge >= 0.3 is 6.18 Å². The topological polar surface area (TPSA) is 62.3 Å². The van der Waals surface area contributed by atoms with Crippen molar-refractivity contribution in [1.82, 2.24) is 9.29 Å². The van der Waals surface area contributed by atoms with Gasteiger partial charge in [-0.1, -0.05) is 0 Å². The molecule has 0 aliphatic carbocycles. The summed E-state index contributed by atoms with van der Waals surface area (Å²) in [7, 11) is -3.42. The minimum Gasteiger partial charge on any atom is -0.383 e. The molecule has 0 unspecified atom stereocenters. The Bertz CT molecular complexity index is 531. The van der Waals surface area contributed by atoms with Crippen LogP contribution in [-0.2, 0) is 10.0 Å². The highest BCUT2D eigenvalue weighted by atomic mass is 32.2. The summed E-state index contributed by atoms with van der Waals surface area (Å²) in [6.07, 6.45) is -3.38. The fourth-order valence-electron chi connectivity index (χ4n) is 1.41. The van der Waals surface area contributed by atoms with Crippen molar-refractivity contribution in [3.8, 4) is 0 Å². The summed E-state index contributed by atoms with van der Waals surface area (Å²) >= 11 is 0. The lowest BCUT2D eigenvalue weighted by Crippen LogP contribution is -2.36. The van der Waals surface area contributed by atoms with E-state index in [2.05, 4.69) is 10.3 Å². The van der Waals surface area contributed by atoms with E-state index in [1.54, 1.807) is 6.92 Å². The molecule has 1 N–H and O–H groups in total. The number of nitrogens with zero attached hydrogens (tertiary/aromatic N) is 2. The molecular weight excluding hydrogens is 283 g/mol. The largest absolute Gasteiger partial charge is 0.402 e. The van der Waals surface area contributed by atoms with Gasteiger partial charge in [0.05, 0.1) is 5.69 Å². The van der Waals surface area contributed by atoms with Crippen molar-refractivity contribution in [2.75, 3.05) is 25.5 Å². The highest BCUT2D eigenvalue weighted by Crippen LogP contribution is 2.24. The number of halogens is 3. The molecule has 9 heteroatoms. The van der Waals surface area contributed by atoms with E-state index in [4.69, 9.17) is 0 Å². The molecule has 0 saturated heterocycles. The molecule has 0 bridgehead atoms. The highest BCUT2D eigenvalue weighted by molar-refractivity contribution is 7.89. The molecule has 0 aromatic carbocycles. The van der Waals surface area contributed by atoms with Crippen molar-refractivity contribution in [2.24, 2.45) is 0 Å². The molecule has 1 aromatic heterocycles. The number of rotatable bonds is 5. The van der Waals surface area contributed by atoms with Crippen molar-refractivity contribution in [1.29, 1.82) is 0 Å². The Morgan fingerprint density at radius 3 is 2.58 bits per heavy atom.